The first-order valence-corrected chi connectivity index (χ1v) is 8.47. The van der Waals surface area contributed by atoms with Crippen molar-refractivity contribution < 1.29 is 9.90 Å². The van der Waals surface area contributed by atoms with Gasteiger partial charge in [0.1, 0.15) is 0 Å². The molecule has 3 rings (SSSR count). The lowest BCUT2D eigenvalue weighted by Gasteiger charge is -2.12. The Labute approximate surface area is 140 Å². The Morgan fingerprint density at radius 3 is 2.95 bits per heavy atom. The van der Waals surface area contributed by atoms with Crippen LogP contribution in [0.5, 0.6) is 0 Å². The minimum atomic E-state index is -0.725. The SMILES string of the molecule is Cn1ccc2cc([C@@H](O)CNC(=O)c3cc(Br)cs3)ccc21. The van der Waals surface area contributed by atoms with Crippen molar-refractivity contribution in [2.45, 2.75) is 6.10 Å². The smallest absolute Gasteiger partial charge is 0.261 e. The van der Waals surface area contributed by atoms with Crippen LogP contribution in [0.4, 0.5) is 0 Å². The molecule has 1 amide bonds. The lowest BCUT2D eigenvalue weighted by Crippen LogP contribution is -2.27. The average Bonchev–Trinajstić information content (AvgIpc) is 3.11. The molecule has 0 aliphatic carbocycles. The monoisotopic (exact) mass is 378 g/mol. The number of halogens is 1. The van der Waals surface area contributed by atoms with Crippen LogP contribution in [0.1, 0.15) is 21.3 Å². The molecule has 0 aliphatic heterocycles. The number of aliphatic hydroxyl groups is 1. The molecule has 114 valence electrons. The largest absolute Gasteiger partial charge is 0.387 e. The zero-order valence-electron chi connectivity index (χ0n) is 11.9. The molecule has 0 saturated heterocycles. The molecule has 0 spiro atoms. The third kappa shape index (κ3) is 3.09. The summed E-state index contributed by atoms with van der Waals surface area (Å²) in [6, 6.07) is 9.59. The number of nitrogens with zero attached hydrogens (tertiary/aromatic N) is 1. The Balaban J connectivity index is 1.67. The van der Waals surface area contributed by atoms with E-state index in [1.165, 1.54) is 11.3 Å². The van der Waals surface area contributed by atoms with E-state index >= 15 is 0 Å². The predicted molar refractivity (Wildman–Crippen MR) is 92.2 cm³/mol. The zero-order valence-corrected chi connectivity index (χ0v) is 14.3. The number of nitrogens with one attached hydrogen (secondary N) is 1. The fraction of sp³-hybridized carbons (Fsp3) is 0.188. The summed E-state index contributed by atoms with van der Waals surface area (Å²) in [4.78, 5) is 12.6. The van der Waals surface area contributed by atoms with Gasteiger partial charge in [0, 0.05) is 35.2 Å². The number of rotatable bonds is 4. The Bertz CT molecular complexity index is 825. The third-order valence-electron chi connectivity index (χ3n) is 3.54. The number of benzene rings is 1. The maximum atomic E-state index is 12.0. The number of aryl methyl sites for hydroxylation is 1. The molecule has 22 heavy (non-hydrogen) atoms. The van der Waals surface area contributed by atoms with Gasteiger partial charge in [-0.3, -0.25) is 4.79 Å². The summed E-state index contributed by atoms with van der Waals surface area (Å²) in [6.45, 7) is 0.187. The van der Waals surface area contributed by atoms with E-state index in [1.807, 2.05) is 47.5 Å². The molecule has 1 aromatic carbocycles. The Morgan fingerprint density at radius 2 is 2.23 bits per heavy atom. The second-order valence-corrected chi connectivity index (χ2v) is 6.93. The molecule has 6 heteroatoms. The molecular weight excluding hydrogens is 364 g/mol. The van der Waals surface area contributed by atoms with E-state index in [0.29, 0.717) is 4.88 Å². The highest BCUT2D eigenvalue weighted by atomic mass is 79.9. The standard InChI is InChI=1S/C16H15BrN2O2S/c1-19-5-4-10-6-11(2-3-13(10)19)14(20)8-18-16(21)15-7-12(17)9-22-15/h2-7,9,14,20H,8H2,1H3,(H,18,21)/t14-/m0/s1. The van der Waals surface area contributed by atoms with Gasteiger partial charge in [-0.2, -0.15) is 0 Å². The average molecular weight is 379 g/mol. The van der Waals surface area contributed by atoms with Crippen LogP contribution < -0.4 is 5.32 Å². The van der Waals surface area contributed by atoms with Gasteiger partial charge in [0.05, 0.1) is 11.0 Å². The van der Waals surface area contributed by atoms with Crippen LogP contribution in [-0.2, 0) is 7.05 Å². The number of amides is 1. The van der Waals surface area contributed by atoms with E-state index < -0.39 is 6.10 Å². The van der Waals surface area contributed by atoms with E-state index in [-0.39, 0.29) is 12.5 Å². The summed E-state index contributed by atoms with van der Waals surface area (Å²) >= 11 is 4.69. The van der Waals surface area contributed by atoms with Crippen molar-refractivity contribution in [1.82, 2.24) is 9.88 Å². The molecule has 4 nitrogen and oxygen atoms in total. The molecule has 0 fully saturated rings. The number of carbonyl (C=O) groups is 1. The molecule has 0 bridgehead atoms. The first kappa shape index (κ1) is 15.3. The lowest BCUT2D eigenvalue weighted by atomic mass is 10.1. The van der Waals surface area contributed by atoms with Crippen LogP contribution in [0.2, 0.25) is 0 Å². The number of aliphatic hydroxyl groups excluding tert-OH is 1. The predicted octanol–water partition coefficient (Wildman–Crippen LogP) is 3.47. The van der Waals surface area contributed by atoms with Gasteiger partial charge in [0.2, 0.25) is 0 Å². The van der Waals surface area contributed by atoms with Gasteiger partial charge in [0.25, 0.3) is 5.91 Å². The Kier molecular flexibility index (Phi) is 4.33. The Morgan fingerprint density at radius 1 is 1.41 bits per heavy atom. The zero-order chi connectivity index (χ0) is 15.7. The van der Waals surface area contributed by atoms with Gasteiger partial charge in [-0.1, -0.05) is 6.07 Å². The summed E-state index contributed by atoms with van der Waals surface area (Å²) < 4.78 is 2.92. The quantitative estimate of drug-likeness (QED) is 0.730. The van der Waals surface area contributed by atoms with Crippen molar-refractivity contribution in [1.29, 1.82) is 0 Å². The number of thiophene rings is 1. The third-order valence-corrected chi connectivity index (χ3v) is 5.23. The molecule has 2 N–H and O–H groups in total. The molecule has 0 saturated carbocycles. The van der Waals surface area contributed by atoms with Crippen LogP contribution in [-0.4, -0.2) is 22.1 Å². The van der Waals surface area contributed by atoms with Crippen LogP contribution in [0.15, 0.2) is 46.4 Å². The summed E-state index contributed by atoms with van der Waals surface area (Å²) in [7, 11) is 1.98. The molecule has 0 radical (unpaired) electrons. The minimum Gasteiger partial charge on any atom is -0.387 e. The van der Waals surface area contributed by atoms with Gasteiger partial charge in [-0.25, -0.2) is 0 Å². The van der Waals surface area contributed by atoms with Gasteiger partial charge in [0.15, 0.2) is 0 Å². The van der Waals surface area contributed by atoms with Crippen LogP contribution in [0.25, 0.3) is 10.9 Å². The fourth-order valence-corrected chi connectivity index (χ4v) is 3.68. The topological polar surface area (TPSA) is 54.3 Å². The highest BCUT2D eigenvalue weighted by molar-refractivity contribution is 9.10. The summed E-state index contributed by atoms with van der Waals surface area (Å²) in [6.07, 6.45) is 1.26. The molecule has 2 heterocycles. The Hall–Kier alpha value is -1.63. The van der Waals surface area contributed by atoms with Crippen molar-refractivity contribution in [2.75, 3.05) is 6.54 Å². The molecule has 0 unspecified atom stereocenters. The van der Waals surface area contributed by atoms with E-state index in [1.54, 1.807) is 6.07 Å². The maximum Gasteiger partial charge on any atom is 0.261 e. The van der Waals surface area contributed by atoms with Crippen LogP contribution >= 0.6 is 27.3 Å². The minimum absolute atomic E-state index is 0.171. The normalized spacial score (nSPS) is 12.5. The van der Waals surface area contributed by atoms with E-state index in [2.05, 4.69) is 21.2 Å². The number of carbonyl (C=O) groups excluding carboxylic acids is 1. The summed E-state index contributed by atoms with van der Waals surface area (Å²) in [5, 5.41) is 16.0. The van der Waals surface area contributed by atoms with Crippen molar-refractivity contribution in [3.8, 4) is 0 Å². The summed E-state index contributed by atoms with van der Waals surface area (Å²) in [5.74, 6) is -0.171. The molecular formula is C16H15BrN2O2S. The number of fused-ring (bicyclic) bond motifs is 1. The number of aromatic nitrogens is 1. The first-order valence-electron chi connectivity index (χ1n) is 6.80. The van der Waals surface area contributed by atoms with Crippen molar-refractivity contribution >= 4 is 44.1 Å². The highest BCUT2D eigenvalue weighted by Crippen LogP contribution is 2.22. The summed E-state index contributed by atoms with van der Waals surface area (Å²) in [5.41, 5.74) is 1.91. The van der Waals surface area contributed by atoms with Gasteiger partial charge >= 0.3 is 0 Å². The molecule has 2 aromatic heterocycles. The number of hydrogen-bond donors (Lipinski definition) is 2. The lowest BCUT2D eigenvalue weighted by molar-refractivity contribution is 0.0920. The first-order chi connectivity index (χ1) is 10.5. The van der Waals surface area contributed by atoms with E-state index in [0.717, 1.165) is 20.9 Å². The van der Waals surface area contributed by atoms with Crippen LogP contribution in [0, 0.1) is 0 Å². The molecule has 3 aromatic rings. The maximum absolute atomic E-state index is 12.0. The second kappa shape index (κ2) is 6.24. The second-order valence-electron chi connectivity index (χ2n) is 5.10. The van der Waals surface area contributed by atoms with E-state index in [4.69, 9.17) is 0 Å². The van der Waals surface area contributed by atoms with Crippen LogP contribution in [0.3, 0.4) is 0 Å². The highest BCUT2D eigenvalue weighted by Gasteiger charge is 2.13. The molecule has 1 atom stereocenters. The van der Waals surface area contributed by atoms with E-state index in [9.17, 15) is 9.90 Å². The van der Waals surface area contributed by atoms with Gasteiger partial charge in [-0.05, 0) is 51.1 Å². The van der Waals surface area contributed by atoms with Gasteiger partial charge in [-0.15, -0.1) is 11.3 Å². The fourth-order valence-electron chi connectivity index (χ4n) is 2.33. The molecule has 0 aliphatic rings. The number of hydrogen-bond acceptors (Lipinski definition) is 3. The van der Waals surface area contributed by atoms with Crippen molar-refractivity contribution in [3.63, 3.8) is 0 Å². The van der Waals surface area contributed by atoms with Gasteiger partial charge < -0.3 is 15.0 Å². The van der Waals surface area contributed by atoms with Crippen molar-refractivity contribution in [2.24, 2.45) is 7.05 Å². The van der Waals surface area contributed by atoms with Crippen molar-refractivity contribution in [3.05, 3.63) is 56.8 Å².